The van der Waals surface area contributed by atoms with Crippen molar-refractivity contribution in [2.24, 2.45) is 7.05 Å². The van der Waals surface area contributed by atoms with E-state index >= 15 is 0 Å². The Kier molecular flexibility index (Phi) is 8.17. The molecular weight excluding hydrogens is 556 g/mol. The van der Waals surface area contributed by atoms with Gasteiger partial charge in [-0.2, -0.15) is 10.1 Å². The molecule has 3 heterocycles. The first kappa shape index (κ1) is 29.1. The molecule has 1 N–H and O–H groups in total. The van der Waals surface area contributed by atoms with Crippen molar-refractivity contribution in [3.05, 3.63) is 77.1 Å². The van der Waals surface area contributed by atoms with Gasteiger partial charge in [0, 0.05) is 37.8 Å². The highest BCUT2D eigenvalue weighted by Gasteiger charge is 2.29. The standard InChI is InChI=1S/C30H34N6O5S/c1-19-9-10-26(22(4)13-19)40-18-28(37)36-12-11-23(16-36)41-27-14-25(29-20(2)7-6-8-21(29)3)32-30(33-27)34-42(38,39)24-15-31-35(5)17-24/h6-10,13-15,17,23H,11-12,16,18H2,1-5H3,(H,32,33,34). The second-order valence-corrected chi connectivity index (χ2v) is 12.2. The molecule has 1 unspecified atom stereocenters. The summed E-state index contributed by atoms with van der Waals surface area (Å²) < 4.78 is 41.9. The molecule has 2 aromatic heterocycles. The summed E-state index contributed by atoms with van der Waals surface area (Å²) in [5.74, 6) is 0.631. The minimum Gasteiger partial charge on any atom is -0.484 e. The Hall–Kier alpha value is -4.45. The highest BCUT2D eigenvalue weighted by molar-refractivity contribution is 7.92. The molecular formula is C30H34N6O5S. The molecule has 0 spiro atoms. The van der Waals surface area contributed by atoms with Crippen LogP contribution < -0.4 is 14.2 Å². The number of rotatable bonds is 9. The molecule has 0 bridgehead atoms. The van der Waals surface area contributed by atoms with Crippen LogP contribution in [-0.2, 0) is 21.9 Å². The molecule has 1 saturated heterocycles. The Balaban J connectivity index is 1.34. The third-order valence-corrected chi connectivity index (χ3v) is 8.41. The van der Waals surface area contributed by atoms with E-state index < -0.39 is 10.0 Å². The van der Waals surface area contributed by atoms with Crippen molar-refractivity contribution < 1.29 is 22.7 Å². The van der Waals surface area contributed by atoms with Gasteiger partial charge in [-0.15, -0.1) is 0 Å². The van der Waals surface area contributed by atoms with E-state index in [1.165, 1.54) is 17.1 Å². The monoisotopic (exact) mass is 590 g/mol. The number of hydrogen-bond donors (Lipinski definition) is 1. The average Bonchev–Trinajstić information content (AvgIpc) is 3.57. The minimum absolute atomic E-state index is 0.0125. The molecule has 4 aromatic rings. The lowest BCUT2D eigenvalue weighted by atomic mass is 10.00. The number of carbonyl (C=O) groups is 1. The van der Waals surface area contributed by atoms with Crippen LogP contribution in [0.2, 0.25) is 0 Å². The van der Waals surface area contributed by atoms with Crippen LogP contribution in [0.25, 0.3) is 11.3 Å². The molecule has 1 fully saturated rings. The van der Waals surface area contributed by atoms with Crippen molar-refractivity contribution in [1.29, 1.82) is 0 Å². The predicted octanol–water partition coefficient (Wildman–Crippen LogP) is 3.97. The number of hydrogen-bond acceptors (Lipinski definition) is 8. The van der Waals surface area contributed by atoms with Gasteiger partial charge < -0.3 is 14.4 Å². The van der Waals surface area contributed by atoms with Gasteiger partial charge in [0.2, 0.25) is 11.8 Å². The third kappa shape index (κ3) is 6.54. The van der Waals surface area contributed by atoms with Crippen LogP contribution in [-0.4, -0.2) is 64.8 Å². The van der Waals surface area contributed by atoms with E-state index in [-0.39, 0.29) is 35.3 Å². The first-order valence-electron chi connectivity index (χ1n) is 13.6. The fraction of sp³-hybridized carbons (Fsp3) is 0.333. The van der Waals surface area contributed by atoms with Crippen molar-refractivity contribution in [3.8, 4) is 22.9 Å². The summed E-state index contributed by atoms with van der Waals surface area (Å²) in [4.78, 5) is 23.5. The van der Waals surface area contributed by atoms with Crippen molar-refractivity contribution >= 4 is 21.9 Å². The number of amides is 1. The lowest BCUT2D eigenvalue weighted by molar-refractivity contribution is -0.132. The van der Waals surface area contributed by atoms with Crippen LogP contribution in [0.3, 0.4) is 0 Å². The molecule has 1 aliphatic rings. The molecule has 12 heteroatoms. The summed E-state index contributed by atoms with van der Waals surface area (Å²) in [7, 11) is -2.36. The summed E-state index contributed by atoms with van der Waals surface area (Å²) in [6.07, 6.45) is 2.90. The number of nitrogens with one attached hydrogen (secondary N) is 1. The van der Waals surface area contributed by atoms with Crippen molar-refractivity contribution in [2.45, 2.75) is 45.1 Å². The summed E-state index contributed by atoms with van der Waals surface area (Å²) >= 11 is 0. The first-order chi connectivity index (χ1) is 20.0. The Morgan fingerprint density at radius 2 is 1.81 bits per heavy atom. The van der Waals surface area contributed by atoms with Crippen LogP contribution in [0.1, 0.15) is 28.7 Å². The Morgan fingerprint density at radius 1 is 1.05 bits per heavy atom. The zero-order chi connectivity index (χ0) is 30.0. The van der Waals surface area contributed by atoms with Crippen LogP contribution in [0.5, 0.6) is 11.6 Å². The molecule has 0 saturated carbocycles. The van der Waals surface area contributed by atoms with E-state index in [1.807, 2.05) is 64.1 Å². The number of benzene rings is 2. The van der Waals surface area contributed by atoms with Crippen LogP contribution >= 0.6 is 0 Å². The average molecular weight is 591 g/mol. The van der Waals surface area contributed by atoms with Gasteiger partial charge in [0.25, 0.3) is 15.9 Å². The van der Waals surface area contributed by atoms with Crippen LogP contribution in [0.4, 0.5) is 5.95 Å². The van der Waals surface area contributed by atoms with Gasteiger partial charge in [-0.3, -0.25) is 9.48 Å². The van der Waals surface area contributed by atoms with Crippen molar-refractivity contribution in [2.75, 3.05) is 24.4 Å². The maximum Gasteiger partial charge on any atom is 0.267 e. The van der Waals surface area contributed by atoms with E-state index in [4.69, 9.17) is 9.47 Å². The fourth-order valence-corrected chi connectivity index (χ4v) is 5.93. The first-order valence-corrected chi connectivity index (χ1v) is 15.1. The van der Waals surface area contributed by atoms with Crippen LogP contribution in [0.15, 0.2) is 59.8 Å². The summed E-state index contributed by atoms with van der Waals surface area (Å²) in [6.45, 7) is 8.68. The second kappa shape index (κ2) is 11.8. The van der Waals surface area contributed by atoms with E-state index in [0.29, 0.717) is 31.0 Å². The second-order valence-electron chi connectivity index (χ2n) is 10.6. The lowest BCUT2D eigenvalue weighted by Gasteiger charge is -2.18. The van der Waals surface area contributed by atoms with Gasteiger partial charge in [0.1, 0.15) is 16.7 Å². The van der Waals surface area contributed by atoms with Gasteiger partial charge in [-0.05, 0) is 50.5 Å². The molecule has 1 aliphatic heterocycles. The quantitative estimate of drug-likeness (QED) is 0.310. The molecule has 11 nitrogen and oxygen atoms in total. The molecule has 1 atom stereocenters. The number of nitrogens with zero attached hydrogens (tertiary/aromatic N) is 5. The molecule has 0 radical (unpaired) electrons. The fourth-order valence-electron chi connectivity index (χ4n) is 5.01. The zero-order valence-corrected chi connectivity index (χ0v) is 25.1. The van der Waals surface area contributed by atoms with E-state index in [0.717, 1.165) is 27.8 Å². The highest BCUT2D eigenvalue weighted by Crippen LogP contribution is 2.30. The minimum atomic E-state index is -3.99. The van der Waals surface area contributed by atoms with Crippen molar-refractivity contribution in [3.63, 3.8) is 0 Å². The normalized spacial score (nSPS) is 15.1. The van der Waals surface area contributed by atoms with Gasteiger partial charge in [-0.25, -0.2) is 18.1 Å². The Bertz CT molecular complexity index is 1720. The number of carbonyl (C=O) groups excluding carboxylic acids is 1. The van der Waals surface area contributed by atoms with Gasteiger partial charge in [0.05, 0.1) is 18.4 Å². The number of sulfonamides is 1. The SMILES string of the molecule is Cc1ccc(OCC(=O)N2CCC(Oc3cc(-c4c(C)cccc4C)nc(NS(=O)(=O)c4cnn(C)c4)n3)C2)c(C)c1. The summed E-state index contributed by atoms with van der Waals surface area (Å²) in [6, 6.07) is 13.4. The van der Waals surface area contributed by atoms with Crippen molar-refractivity contribution in [1.82, 2.24) is 24.6 Å². The van der Waals surface area contributed by atoms with E-state index in [2.05, 4.69) is 19.8 Å². The van der Waals surface area contributed by atoms with Gasteiger partial charge in [-0.1, -0.05) is 35.9 Å². The zero-order valence-electron chi connectivity index (χ0n) is 24.3. The predicted molar refractivity (Wildman–Crippen MR) is 158 cm³/mol. The summed E-state index contributed by atoms with van der Waals surface area (Å²) in [5, 5.41) is 3.95. The van der Waals surface area contributed by atoms with Crippen LogP contribution in [0, 0.1) is 27.7 Å². The molecule has 0 aliphatic carbocycles. The summed E-state index contributed by atoms with van der Waals surface area (Å²) in [5.41, 5.74) is 5.43. The van der Waals surface area contributed by atoms with E-state index in [9.17, 15) is 13.2 Å². The maximum atomic E-state index is 13.0. The smallest absolute Gasteiger partial charge is 0.267 e. The Morgan fingerprint density at radius 3 is 2.50 bits per heavy atom. The largest absolute Gasteiger partial charge is 0.484 e. The maximum absolute atomic E-state index is 13.0. The number of likely N-dealkylation sites (tertiary alicyclic amines) is 1. The van der Waals surface area contributed by atoms with E-state index in [1.54, 1.807) is 18.0 Å². The molecule has 2 aromatic carbocycles. The number of aromatic nitrogens is 4. The van der Waals surface area contributed by atoms with Gasteiger partial charge in [0.15, 0.2) is 6.61 Å². The molecule has 5 rings (SSSR count). The van der Waals surface area contributed by atoms with Gasteiger partial charge >= 0.3 is 0 Å². The Labute approximate surface area is 245 Å². The highest BCUT2D eigenvalue weighted by atomic mass is 32.2. The number of ether oxygens (including phenoxy) is 2. The number of aryl methyl sites for hydroxylation is 5. The lowest BCUT2D eigenvalue weighted by Crippen LogP contribution is -2.34. The third-order valence-electron chi connectivity index (χ3n) is 7.12. The molecule has 42 heavy (non-hydrogen) atoms. The topological polar surface area (TPSA) is 129 Å². The molecule has 1 amide bonds. The number of anilines is 1. The molecule has 220 valence electrons.